The Morgan fingerprint density at radius 3 is 2.58 bits per heavy atom. The van der Waals surface area contributed by atoms with E-state index in [0.717, 1.165) is 24.5 Å². The second-order valence-electron chi connectivity index (χ2n) is 4.59. The van der Waals surface area contributed by atoms with Gasteiger partial charge in [0.2, 0.25) is 0 Å². The van der Waals surface area contributed by atoms with Crippen LogP contribution < -0.4 is 9.47 Å². The van der Waals surface area contributed by atoms with Crippen molar-refractivity contribution in [3.05, 3.63) is 48.0 Å². The van der Waals surface area contributed by atoms with Crippen LogP contribution in [0.15, 0.2) is 42.5 Å². The SMILES string of the molecule is COc1ccc(-c2ccc3c(c2)C(I)CCO3)cc1. The number of fused-ring (bicyclic) bond motifs is 1. The second-order valence-corrected chi connectivity index (χ2v) is 6.09. The normalized spacial score (nSPS) is 17.5. The fourth-order valence-electron chi connectivity index (χ4n) is 2.32. The van der Waals surface area contributed by atoms with Gasteiger partial charge in [-0.25, -0.2) is 0 Å². The van der Waals surface area contributed by atoms with E-state index in [1.165, 1.54) is 16.7 Å². The van der Waals surface area contributed by atoms with Crippen molar-refractivity contribution < 1.29 is 9.47 Å². The minimum absolute atomic E-state index is 0.541. The van der Waals surface area contributed by atoms with Crippen LogP contribution in [0.2, 0.25) is 0 Å². The van der Waals surface area contributed by atoms with Gasteiger partial charge < -0.3 is 9.47 Å². The number of rotatable bonds is 2. The van der Waals surface area contributed by atoms with Crippen LogP contribution in [0.5, 0.6) is 11.5 Å². The van der Waals surface area contributed by atoms with Gasteiger partial charge in [-0.2, -0.15) is 0 Å². The van der Waals surface area contributed by atoms with Gasteiger partial charge in [0.05, 0.1) is 13.7 Å². The highest BCUT2D eigenvalue weighted by molar-refractivity contribution is 14.1. The fourth-order valence-corrected chi connectivity index (χ4v) is 3.06. The molecule has 19 heavy (non-hydrogen) atoms. The summed E-state index contributed by atoms with van der Waals surface area (Å²) in [5.41, 5.74) is 3.74. The molecule has 0 N–H and O–H groups in total. The molecule has 0 spiro atoms. The minimum Gasteiger partial charge on any atom is -0.497 e. The summed E-state index contributed by atoms with van der Waals surface area (Å²) >= 11 is 2.50. The zero-order valence-corrected chi connectivity index (χ0v) is 12.9. The molecule has 1 unspecified atom stereocenters. The number of alkyl halides is 1. The van der Waals surface area contributed by atoms with Crippen LogP contribution in [0.1, 0.15) is 15.9 Å². The molecule has 0 saturated heterocycles. The zero-order valence-electron chi connectivity index (χ0n) is 10.7. The number of hydrogen-bond donors (Lipinski definition) is 0. The Balaban J connectivity index is 1.98. The molecule has 3 rings (SSSR count). The first-order valence-corrected chi connectivity index (χ1v) is 7.58. The lowest BCUT2D eigenvalue weighted by molar-refractivity contribution is 0.289. The Hall–Kier alpha value is -1.23. The summed E-state index contributed by atoms with van der Waals surface area (Å²) in [5, 5.41) is 0. The molecule has 0 amide bonds. The second kappa shape index (κ2) is 5.41. The molecule has 1 aliphatic heterocycles. The summed E-state index contributed by atoms with van der Waals surface area (Å²) in [6.07, 6.45) is 1.08. The molecule has 0 fully saturated rings. The van der Waals surface area contributed by atoms with Crippen LogP contribution in [0.25, 0.3) is 11.1 Å². The van der Waals surface area contributed by atoms with Crippen molar-refractivity contribution in [2.45, 2.75) is 10.3 Å². The highest BCUT2D eigenvalue weighted by atomic mass is 127. The highest BCUT2D eigenvalue weighted by Gasteiger charge is 2.19. The van der Waals surface area contributed by atoms with Crippen molar-refractivity contribution in [2.75, 3.05) is 13.7 Å². The van der Waals surface area contributed by atoms with Crippen LogP contribution in [0, 0.1) is 0 Å². The molecule has 98 valence electrons. The van der Waals surface area contributed by atoms with Crippen molar-refractivity contribution >= 4 is 22.6 Å². The van der Waals surface area contributed by atoms with Crippen molar-refractivity contribution in [3.8, 4) is 22.6 Å². The molecule has 2 aromatic rings. The van der Waals surface area contributed by atoms with Gasteiger partial charge in [0.1, 0.15) is 11.5 Å². The predicted octanol–water partition coefficient (Wildman–Crippen LogP) is 4.62. The minimum atomic E-state index is 0.541. The molecule has 1 aliphatic rings. The third kappa shape index (κ3) is 2.56. The monoisotopic (exact) mass is 366 g/mol. The van der Waals surface area contributed by atoms with E-state index < -0.39 is 0 Å². The Morgan fingerprint density at radius 1 is 1.11 bits per heavy atom. The summed E-state index contributed by atoms with van der Waals surface area (Å²) < 4.78 is 11.4. The maximum absolute atomic E-state index is 5.70. The van der Waals surface area contributed by atoms with Gasteiger partial charge in [-0.05, 0) is 41.8 Å². The molecule has 0 bridgehead atoms. The third-order valence-electron chi connectivity index (χ3n) is 3.40. The summed E-state index contributed by atoms with van der Waals surface area (Å²) in [4.78, 5) is 0. The molecular formula is C16H15IO2. The average molecular weight is 366 g/mol. The number of hydrogen-bond acceptors (Lipinski definition) is 2. The van der Waals surface area contributed by atoms with Gasteiger partial charge in [0.25, 0.3) is 0 Å². The van der Waals surface area contributed by atoms with Gasteiger partial charge in [0, 0.05) is 9.49 Å². The molecule has 1 atom stereocenters. The smallest absolute Gasteiger partial charge is 0.123 e. The van der Waals surface area contributed by atoms with E-state index in [-0.39, 0.29) is 0 Å². The third-order valence-corrected chi connectivity index (χ3v) is 4.69. The van der Waals surface area contributed by atoms with Gasteiger partial charge >= 0.3 is 0 Å². The van der Waals surface area contributed by atoms with Crippen molar-refractivity contribution in [2.24, 2.45) is 0 Å². The van der Waals surface area contributed by atoms with Gasteiger partial charge in [-0.1, -0.05) is 40.8 Å². The standard InChI is InChI=1S/C16H15IO2/c1-18-13-5-2-11(3-6-13)12-4-7-16-14(10-12)15(17)8-9-19-16/h2-7,10,15H,8-9H2,1H3. The van der Waals surface area contributed by atoms with E-state index in [1.54, 1.807) is 7.11 Å². The summed E-state index contributed by atoms with van der Waals surface area (Å²) in [6, 6.07) is 14.6. The number of methoxy groups -OCH3 is 1. The molecule has 0 aliphatic carbocycles. The van der Waals surface area contributed by atoms with Crippen molar-refractivity contribution in [1.29, 1.82) is 0 Å². The van der Waals surface area contributed by atoms with Crippen LogP contribution >= 0.6 is 22.6 Å². The molecule has 3 heteroatoms. The summed E-state index contributed by atoms with van der Waals surface area (Å²) in [5.74, 6) is 1.92. The molecule has 2 nitrogen and oxygen atoms in total. The zero-order chi connectivity index (χ0) is 13.2. The van der Waals surface area contributed by atoms with E-state index in [4.69, 9.17) is 9.47 Å². The quantitative estimate of drug-likeness (QED) is 0.570. The maximum atomic E-state index is 5.70. The first-order chi connectivity index (χ1) is 9.28. The van der Waals surface area contributed by atoms with E-state index in [2.05, 4.69) is 52.9 Å². The molecule has 0 saturated carbocycles. The van der Waals surface area contributed by atoms with Gasteiger partial charge in [0.15, 0.2) is 0 Å². The average Bonchev–Trinajstić information content (AvgIpc) is 2.47. The summed E-state index contributed by atoms with van der Waals surface area (Å²) in [7, 11) is 1.69. The lowest BCUT2D eigenvalue weighted by Gasteiger charge is -2.22. The van der Waals surface area contributed by atoms with Gasteiger partial charge in [-0.15, -0.1) is 0 Å². The molecule has 0 radical (unpaired) electrons. The van der Waals surface area contributed by atoms with E-state index in [9.17, 15) is 0 Å². The Bertz CT molecular complexity index is 578. The highest BCUT2D eigenvalue weighted by Crippen LogP contribution is 2.40. The van der Waals surface area contributed by atoms with Crippen molar-refractivity contribution in [3.63, 3.8) is 0 Å². The topological polar surface area (TPSA) is 18.5 Å². The van der Waals surface area contributed by atoms with Crippen LogP contribution in [0.4, 0.5) is 0 Å². The van der Waals surface area contributed by atoms with Crippen LogP contribution in [0.3, 0.4) is 0 Å². The number of halogens is 1. The molecule has 1 heterocycles. The van der Waals surface area contributed by atoms with Crippen LogP contribution in [-0.4, -0.2) is 13.7 Å². The van der Waals surface area contributed by atoms with Crippen LogP contribution in [-0.2, 0) is 0 Å². The van der Waals surface area contributed by atoms with E-state index in [0.29, 0.717) is 3.92 Å². The van der Waals surface area contributed by atoms with Gasteiger partial charge in [-0.3, -0.25) is 0 Å². The van der Waals surface area contributed by atoms with Crippen molar-refractivity contribution in [1.82, 2.24) is 0 Å². The first kappa shape index (κ1) is 12.8. The predicted molar refractivity (Wildman–Crippen MR) is 85.3 cm³/mol. The lowest BCUT2D eigenvalue weighted by Crippen LogP contribution is -2.10. The molecule has 0 aromatic heterocycles. The summed E-state index contributed by atoms with van der Waals surface area (Å²) in [6.45, 7) is 0.822. The Labute approximate surface area is 126 Å². The van der Waals surface area contributed by atoms with E-state index >= 15 is 0 Å². The maximum Gasteiger partial charge on any atom is 0.123 e. The molecule has 2 aromatic carbocycles. The lowest BCUT2D eigenvalue weighted by atomic mass is 9.99. The number of ether oxygens (including phenoxy) is 2. The fraction of sp³-hybridized carbons (Fsp3) is 0.250. The molecular weight excluding hydrogens is 351 g/mol. The van der Waals surface area contributed by atoms with E-state index in [1.807, 2.05) is 12.1 Å². The first-order valence-electron chi connectivity index (χ1n) is 6.33. The number of benzene rings is 2. The largest absolute Gasteiger partial charge is 0.497 e. The Kier molecular flexibility index (Phi) is 3.64. The Morgan fingerprint density at radius 2 is 1.84 bits per heavy atom.